The highest BCUT2D eigenvalue weighted by Crippen LogP contribution is 2.39. The third kappa shape index (κ3) is 7.28. The Morgan fingerprint density at radius 1 is 1.10 bits per heavy atom. The van der Waals surface area contributed by atoms with Crippen molar-refractivity contribution in [2.75, 3.05) is 40.3 Å². The van der Waals surface area contributed by atoms with Crippen molar-refractivity contribution in [2.24, 2.45) is 17.3 Å². The van der Waals surface area contributed by atoms with E-state index in [2.05, 4.69) is 30.6 Å². The highest BCUT2D eigenvalue weighted by Gasteiger charge is 2.30. The molecule has 0 bridgehead atoms. The van der Waals surface area contributed by atoms with E-state index in [1.54, 1.807) is 0 Å². The molecule has 0 heterocycles. The second-order valence-corrected chi connectivity index (χ2v) is 8.02. The Morgan fingerprint density at radius 3 is 2.10 bits per heavy atom. The molecule has 124 valence electrons. The maximum Gasteiger partial charge on any atom is 0.317 e. The van der Waals surface area contributed by atoms with Crippen molar-refractivity contribution < 1.29 is 9.90 Å². The molecule has 0 atom stereocenters. The molecule has 21 heavy (non-hydrogen) atoms. The maximum absolute atomic E-state index is 11.0. The minimum atomic E-state index is -0.711. The maximum atomic E-state index is 11.0. The van der Waals surface area contributed by atoms with E-state index >= 15 is 0 Å². The molecule has 0 aliphatic heterocycles. The second kappa shape index (κ2) is 8.14. The van der Waals surface area contributed by atoms with Crippen LogP contribution in [0.2, 0.25) is 0 Å². The molecule has 0 aromatic rings. The Balaban J connectivity index is 2.43. The van der Waals surface area contributed by atoms with E-state index in [1.807, 2.05) is 14.1 Å². The first-order valence-corrected chi connectivity index (χ1v) is 8.27. The summed E-state index contributed by atoms with van der Waals surface area (Å²) in [4.78, 5) is 15.3. The predicted octanol–water partition coefficient (Wildman–Crippen LogP) is 2.79. The van der Waals surface area contributed by atoms with Crippen molar-refractivity contribution in [1.29, 1.82) is 0 Å². The van der Waals surface area contributed by atoms with Gasteiger partial charge >= 0.3 is 5.97 Å². The van der Waals surface area contributed by atoms with E-state index < -0.39 is 5.97 Å². The third-order valence-corrected chi connectivity index (χ3v) is 4.81. The Hall–Kier alpha value is -0.610. The van der Waals surface area contributed by atoms with Gasteiger partial charge in [-0.2, -0.15) is 0 Å². The lowest BCUT2D eigenvalue weighted by molar-refractivity contribution is -0.138. The first-order valence-electron chi connectivity index (χ1n) is 8.27. The molecule has 4 nitrogen and oxygen atoms in total. The van der Waals surface area contributed by atoms with Crippen molar-refractivity contribution in [3.8, 4) is 0 Å². The fraction of sp³-hybridized carbons (Fsp3) is 0.941. The van der Waals surface area contributed by atoms with Crippen LogP contribution in [0.3, 0.4) is 0 Å². The Kier molecular flexibility index (Phi) is 7.14. The molecule has 0 amide bonds. The van der Waals surface area contributed by atoms with Gasteiger partial charge < -0.3 is 10.0 Å². The van der Waals surface area contributed by atoms with Gasteiger partial charge in [0, 0.05) is 19.6 Å². The molecule has 1 saturated carbocycles. The Morgan fingerprint density at radius 2 is 1.67 bits per heavy atom. The number of hydrogen-bond donors (Lipinski definition) is 1. The zero-order valence-electron chi connectivity index (χ0n) is 14.6. The lowest BCUT2D eigenvalue weighted by Gasteiger charge is -2.38. The average molecular weight is 298 g/mol. The van der Waals surface area contributed by atoms with E-state index in [0.717, 1.165) is 25.6 Å². The van der Waals surface area contributed by atoms with Crippen LogP contribution < -0.4 is 0 Å². The molecule has 0 saturated heterocycles. The number of carboxylic acids is 1. The van der Waals surface area contributed by atoms with Crippen molar-refractivity contribution in [2.45, 2.75) is 46.5 Å². The van der Waals surface area contributed by atoms with E-state index in [4.69, 9.17) is 5.11 Å². The summed E-state index contributed by atoms with van der Waals surface area (Å²) >= 11 is 0. The third-order valence-electron chi connectivity index (χ3n) is 4.81. The molecule has 4 heteroatoms. The van der Waals surface area contributed by atoms with Crippen LogP contribution in [0.4, 0.5) is 0 Å². The van der Waals surface area contributed by atoms with Crippen LogP contribution in [0, 0.1) is 17.3 Å². The number of likely N-dealkylation sites (N-methyl/N-ethyl adjacent to an activating group) is 1. The van der Waals surface area contributed by atoms with Crippen LogP contribution in [0.15, 0.2) is 0 Å². The summed E-state index contributed by atoms with van der Waals surface area (Å²) in [5.41, 5.74) is 0.413. The molecule has 1 aliphatic carbocycles. The summed E-state index contributed by atoms with van der Waals surface area (Å²) in [6, 6.07) is 0. The summed E-state index contributed by atoms with van der Waals surface area (Å²) in [7, 11) is 4.07. The molecule has 0 spiro atoms. The number of rotatable bonds is 7. The normalized spacial score (nSPS) is 23.8. The fourth-order valence-electron chi connectivity index (χ4n) is 3.34. The molecule has 0 unspecified atom stereocenters. The first kappa shape index (κ1) is 18.4. The van der Waals surface area contributed by atoms with Gasteiger partial charge in [-0.3, -0.25) is 9.69 Å². The average Bonchev–Trinajstić information content (AvgIpc) is 2.35. The smallest absolute Gasteiger partial charge is 0.317 e. The summed E-state index contributed by atoms with van der Waals surface area (Å²) in [6.07, 6.45) is 5.09. The summed E-state index contributed by atoms with van der Waals surface area (Å²) < 4.78 is 0. The highest BCUT2D eigenvalue weighted by molar-refractivity contribution is 5.69. The minimum Gasteiger partial charge on any atom is -0.480 e. The summed E-state index contributed by atoms with van der Waals surface area (Å²) in [5, 5.41) is 9.07. The number of carbonyl (C=O) groups is 1. The molecule has 1 N–H and O–H groups in total. The van der Waals surface area contributed by atoms with Gasteiger partial charge in [0.1, 0.15) is 0 Å². The van der Waals surface area contributed by atoms with Gasteiger partial charge in [-0.25, -0.2) is 0 Å². The van der Waals surface area contributed by atoms with Crippen LogP contribution in [-0.4, -0.2) is 61.2 Å². The van der Waals surface area contributed by atoms with Crippen LogP contribution in [0.1, 0.15) is 46.5 Å². The highest BCUT2D eigenvalue weighted by atomic mass is 16.4. The van der Waals surface area contributed by atoms with Gasteiger partial charge in [-0.15, -0.1) is 0 Å². The minimum absolute atomic E-state index is 0.174. The predicted molar refractivity (Wildman–Crippen MR) is 87.5 cm³/mol. The quantitative estimate of drug-likeness (QED) is 0.785. The zero-order chi connectivity index (χ0) is 16.0. The van der Waals surface area contributed by atoms with Crippen LogP contribution in [-0.2, 0) is 4.79 Å². The fourth-order valence-corrected chi connectivity index (χ4v) is 3.34. The van der Waals surface area contributed by atoms with Gasteiger partial charge in [0.25, 0.3) is 0 Å². The molecule has 0 aromatic heterocycles. The molecule has 1 fully saturated rings. The summed E-state index contributed by atoms with van der Waals surface area (Å²) in [5.74, 6) is 0.783. The second-order valence-electron chi connectivity index (χ2n) is 8.02. The monoisotopic (exact) mass is 298 g/mol. The van der Waals surface area contributed by atoms with Crippen molar-refractivity contribution >= 4 is 5.97 Å². The van der Waals surface area contributed by atoms with Crippen LogP contribution in [0.25, 0.3) is 0 Å². The van der Waals surface area contributed by atoms with E-state index in [9.17, 15) is 4.79 Å². The van der Waals surface area contributed by atoms with Crippen molar-refractivity contribution in [1.82, 2.24) is 9.80 Å². The lowest BCUT2D eigenvalue weighted by atomic mass is 9.70. The number of hydrogen-bond acceptors (Lipinski definition) is 3. The molecule has 0 radical (unpaired) electrons. The van der Waals surface area contributed by atoms with Gasteiger partial charge in [-0.05, 0) is 57.0 Å². The lowest BCUT2D eigenvalue weighted by Crippen LogP contribution is -2.40. The van der Waals surface area contributed by atoms with Gasteiger partial charge in [0.05, 0.1) is 6.54 Å². The zero-order valence-corrected chi connectivity index (χ0v) is 14.6. The van der Waals surface area contributed by atoms with Gasteiger partial charge in [-0.1, -0.05) is 20.8 Å². The summed E-state index contributed by atoms with van der Waals surface area (Å²) in [6.45, 7) is 9.90. The Labute approximate surface area is 130 Å². The SMILES string of the molecule is CN(C)CCN(CC(=O)O)CC1CCC(C(C)(C)C)CC1. The molecular weight excluding hydrogens is 264 g/mol. The van der Waals surface area contributed by atoms with Crippen LogP contribution in [0.5, 0.6) is 0 Å². The number of aliphatic carboxylic acids is 1. The molecule has 1 aliphatic rings. The number of nitrogens with zero attached hydrogens (tertiary/aromatic N) is 2. The first-order chi connectivity index (χ1) is 9.68. The van der Waals surface area contributed by atoms with E-state index in [0.29, 0.717) is 11.3 Å². The van der Waals surface area contributed by atoms with Crippen LogP contribution >= 0.6 is 0 Å². The Bertz CT molecular complexity index is 315. The molecular formula is C17H34N2O2. The molecule has 1 rings (SSSR count). The van der Waals surface area contributed by atoms with Crippen molar-refractivity contribution in [3.63, 3.8) is 0 Å². The standard InChI is InChI=1S/C17H34N2O2/c1-17(2,3)15-8-6-14(7-9-15)12-19(13-16(20)21)11-10-18(4)5/h14-15H,6-13H2,1-5H3,(H,20,21). The van der Waals surface area contributed by atoms with Crippen molar-refractivity contribution in [3.05, 3.63) is 0 Å². The largest absolute Gasteiger partial charge is 0.480 e. The number of carboxylic acid groups (broad SMARTS) is 1. The van der Waals surface area contributed by atoms with Gasteiger partial charge in [0.15, 0.2) is 0 Å². The van der Waals surface area contributed by atoms with E-state index in [1.165, 1.54) is 25.7 Å². The van der Waals surface area contributed by atoms with E-state index in [-0.39, 0.29) is 6.54 Å². The molecule has 0 aromatic carbocycles. The topological polar surface area (TPSA) is 43.8 Å². The van der Waals surface area contributed by atoms with Gasteiger partial charge in [0.2, 0.25) is 0 Å².